The molecule has 4 rings (SSSR count). The number of aromatic nitrogens is 2. The van der Waals surface area contributed by atoms with Crippen molar-refractivity contribution in [1.29, 1.82) is 0 Å². The molecule has 2 fully saturated rings. The van der Waals surface area contributed by atoms with E-state index in [-0.39, 0.29) is 24.0 Å². The first-order valence-electron chi connectivity index (χ1n) is 9.83. The predicted octanol–water partition coefficient (Wildman–Crippen LogP) is 3.19. The standard InChI is InChI=1S/C20H29N5O.HI/c1-2-21-19(25-12-9-20(14-25)10-13-26-15-20)22-11-5-8-18-23-16-6-3-4-7-17(16)24-18;/h3-4,6-7H,2,5,8-15H2,1H3,(H,21,22)(H,23,24);1H. The summed E-state index contributed by atoms with van der Waals surface area (Å²) < 4.78 is 5.65. The van der Waals surface area contributed by atoms with Crippen LogP contribution in [-0.4, -0.2) is 60.2 Å². The summed E-state index contributed by atoms with van der Waals surface area (Å²) in [4.78, 5) is 15.3. The van der Waals surface area contributed by atoms with E-state index < -0.39 is 0 Å². The summed E-state index contributed by atoms with van der Waals surface area (Å²) in [6, 6.07) is 8.18. The van der Waals surface area contributed by atoms with Crippen LogP contribution in [0.25, 0.3) is 11.0 Å². The zero-order chi connectivity index (χ0) is 17.8. The first kappa shape index (κ1) is 20.4. The third-order valence-electron chi connectivity index (χ3n) is 5.53. The van der Waals surface area contributed by atoms with Crippen LogP contribution in [0.1, 0.15) is 32.0 Å². The number of aliphatic imine (C=N–C) groups is 1. The third kappa shape index (κ3) is 4.74. The molecule has 0 bridgehead atoms. The van der Waals surface area contributed by atoms with Gasteiger partial charge in [-0.25, -0.2) is 4.98 Å². The fourth-order valence-corrected chi connectivity index (χ4v) is 4.07. The molecule has 6 nitrogen and oxygen atoms in total. The molecule has 1 aromatic heterocycles. The van der Waals surface area contributed by atoms with E-state index in [2.05, 4.69) is 33.2 Å². The highest BCUT2D eigenvalue weighted by atomic mass is 127. The van der Waals surface area contributed by atoms with Crippen molar-refractivity contribution < 1.29 is 4.74 Å². The van der Waals surface area contributed by atoms with Gasteiger partial charge in [-0.05, 0) is 38.3 Å². The second-order valence-corrected chi connectivity index (χ2v) is 7.51. The van der Waals surface area contributed by atoms with Gasteiger partial charge in [0, 0.05) is 44.6 Å². The molecule has 0 radical (unpaired) electrons. The van der Waals surface area contributed by atoms with Crippen LogP contribution in [0.2, 0.25) is 0 Å². The maximum atomic E-state index is 5.65. The molecule has 148 valence electrons. The van der Waals surface area contributed by atoms with Crippen LogP contribution < -0.4 is 5.32 Å². The van der Waals surface area contributed by atoms with E-state index >= 15 is 0 Å². The summed E-state index contributed by atoms with van der Waals surface area (Å²) >= 11 is 0. The average Bonchev–Trinajstić information content (AvgIpc) is 3.38. The molecule has 2 aliphatic rings. The van der Waals surface area contributed by atoms with Crippen molar-refractivity contribution in [3.05, 3.63) is 30.1 Å². The van der Waals surface area contributed by atoms with Crippen molar-refractivity contribution in [3.63, 3.8) is 0 Å². The highest BCUT2D eigenvalue weighted by Gasteiger charge is 2.42. The second kappa shape index (κ2) is 9.23. The Balaban J connectivity index is 0.00000210. The summed E-state index contributed by atoms with van der Waals surface area (Å²) in [6.45, 7) is 7.84. The predicted molar refractivity (Wildman–Crippen MR) is 120 cm³/mol. The minimum Gasteiger partial charge on any atom is -0.381 e. The number of likely N-dealkylation sites (tertiary alicyclic amines) is 1. The molecule has 2 N–H and O–H groups in total. The van der Waals surface area contributed by atoms with Crippen LogP contribution in [0.4, 0.5) is 0 Å². The lowest BCUT2D eigenvalue weighted by Crippen LogP contribution is -2.41. The zero-order valence-corrected chi connectivity index (χ0v) is 18.4. The van der Waals surface area contributed by atoms with Gasteiger partial charge < -0.3 is 19.9 Å². The Labute approximate surface area is 178 Å². The van der Waals surface area contributed by atoms with Crippen LogP contribution in [0.5, 0.6) is 0 Å². The summed E-state index contributed by atoms with van der Waals surface area (Å²) in [7, 11) is 0. The van der Waals surface area contributed by atoms with E-state index in [9.17, 15) is 0 Å². The lowest BCUT2D eigenvalue weighted by atomic mass is 9.87. The number of hydrogen-bond donors (Lipinski definition) is 2. The summed E-state index contributed by atoms with van der Waals surface area (Å²) in [5.41, 5.74) is 2.52. The molecular weight excluding hydrogens is 453 g/mol. The maximum absolute atomic E-state index is 5.65. The van der Waals surface area contributed by atoms with E-state index in [1.165, 1.54) is 12.8 Å². The molecule has 1 unspecified atom stereocenters. The number of ether oxygens (including phenoxy) is 1. The second-order valence-electron chi connectivity index (χ2n) is 7.51. The molecule has 3 heterocycles. The number of nitrogens with zero attached hydrogens (tertiary/aromatic N) is 3. The van der Waals surface area contributed by atoms with E-state index in [4.69, 9.17) is 9.73 Å². The Kier molecular flexibility index (Phi) is 6.97. The fraction of sp³-hybridized carbons (Fsp3) is 0.600. The quantitative estimate of drug-likeness (QED) is 0.297. The molecule has 1 spiro atoms. The molecule has 0 saturated carbocycles. The van der Waals surface area contributed by atoms with Crippen molar-refractivity contribution in [2.75, 3.05) is 39.4 Å². The number of halogens is 1. The van der Waals surface area contributed by atoms with Crippen LogP contribution in [0.15, 0.2) is 29.3 Å². The summed E-state index contributed by atoms with van der Waals surface area (Å²) in [6.07, 6.45) is 4.33. The maximum Gasteiger partial charge on any atom is 0.193 e. The largest absolute Gasteiger partial charge is 0.381 e. The number of para-hydroxylation sites is 2. The topological polar surface area (TPSA) is 65.5 Å². The highest BCUT2D eigenvalue weighted by Crippen LogP contribution is 2.38. The number of aromatic amines is 1. The lowest BCUT2D eigenvalue weighted by molar-refractivity contribution is 0.156. The monoisotopic (exact) mass is 483 g/mol. The number of aryl methyl sites for hydroxylation is 1. The van der Waals surface area contributed by atoms with E-state index in [1.807, 2.05) is 18.2 Å². The smallest absolute Gasteiger partial charge is 0.193 e. The fourth-order valence-electron chi connectivity index (χ4n) is 4.07. The molecule has 2 saturated heterocycles. The molecule has 7 heteroatoms. The number of hydrogen-bond acceptors (Lipinski definition) is 3. The SMILES string of the molecule is CCNC(=NCCCc1nc2ccccc2[nH]1)N1CCC2(CCOC2)C1.I. The van der Waals surface area contributed by atoms with Crippen molar-refractivity contribution in [3.8, 4) is 0 Å². The Morgan fingerprint density at radius 2 is 2.26 bits per heavy atom. The van der Waals surface area contributed by atoms with Crippen LogP contribution in [0.3, 0.4) is 0 Å². The number of benzene rings is 1. The number of rotatable bonds is 5. The van der Waals surface area contributed by atoms with Crippen molar-refractivity contribution in [2.45, 2.75) is 32.6 Å². The van der Waals surface area contributed by atoms with Gasteiger partial charge in [0.2, 0.25) is 0 Å². The van der Waals surface area contributed by atoms with Gasteiger partial charge in [0.15, 0.2) is 5.96 Å². The zero-order valence-electron chi connectivity index (χ0n) is 16.0. The molecule has 1 atom stereocenters. The van der Waals surface area contributed by atoms with Crippen LogP contribution in [0, 0.1) is 5.41 Å². The van der Waals surface area contributed by atoms with Crippen molar-refractivity contribution in [1.82, 2.24) is 20.2 Å². The summed E-state index contributed by atoms with van der Waals surface area (Å²) in [5.74, 6) is 2.11. The normalized spacial score (nSPS) is 22.6. The minimum atomic E-state index is 0. The van der Waals surface area contributed by atoms with Gasteiger partial charge in [-0.3, -0.25) is 4.99 Å². The van der Waals surface area contributed by atoms with Gasteiger partial charge in [0.05, 0.1) is 17.6 Å². The van der Waals surface area contributed by atoms with Gasteiger partial charge in [-0.1, -0.05) is 12.1 Å². The lowest BCUT2D eigenvalue weighted by Gasteiger charge is -2.24. The van der Waals surface area contributed by atoms with E-state index in [0.717, 1.165) is 75.1 Å². The van der Waals surface area contributed by atoms with Gasteiger partial charge >= 0.3 is 0 Å². The van der Waals surface area contributed by atoms with Gasteiger partial charge in [-0.2, -0.15) is 0 Å². The number of fused-ring (bicyclic) bond motifs is 1. The van der Waals surface area contributed by atoms with E-state index in [0.29, 0.717) is 5.41 Å². The molecular formula is C20H30IN5O. The Morgan fingerprint density at radius 1 is 1.37 bits per heavy atom. The first-order chi connectivity index (χ1) is 12.8. The average molecular weight is 483 g/mol. The Morgan fingerprint density at radius 3 is 3.04 bits per heavy atom. The number of H-pyrrole nitrogens is 1. The molecule has 0 amide bonds. The molecule has 1 aromatic carbocycles. The molecule has 0 aliphatic carbocycles. The Hall–Kier alpha value is -1.35. The molecule has 27 heavy (non-hydrogen) atoms. The number of imidazole rings is 1. The van der Waals surface area contributed by atoms with Crippen LogP contribution in [-0.2, 0) is 11.2 Å². The van der Waals surface area contributed by atoms with Gasteiger partial charge in [0.25, 0.3) is 0 Å². The van der Waals surface area contributed by atoms with Gasteiger partial charge in [0.1, 0.15) is 5.82 Å². The van der Waals surface area contributed by atoms with Crippen LogP contribution >= 0.6 is 24.0 Å². The third-order valence-corrected chi connectivity index (χ3v) is 5.53. The van der Waals surface area contributed by atoms with Crippen molar-refractivity contribution >= 4 is 41.0 Å². The molecule has 2 aromatic rings. The summed E-state index contributed by atoms with van der Waals surface area (Å²) in [5, 5.41) is 3.46. The van der Waals surface area contributed by atoms with Gasteiger partial charge in [-0.15, -0.1) is 24.0 Å². The molecule has 2 aliphatic heterocycles. The number of guanidine groups is 1. The highest BCUT2D eigenvalue weighted by molar-refractivity contribution is 14.0. The minimum absolute atomic E-state index is 0. The van der Waals surface area contributed by atoms with Crippen molar-refractivity contribution in [2.24, 2.45) is 10.4 Å². The first-order valence-corrected chi connectivity index (χ1v) is 9.83. The number of nitrogens with one attached hydrogen (secondary N) is 2. The van der Waals surface area contributed by atoms with E-state index in [1.54, 1.807) is 0 Å². The Bertz CT molecular complexity index is 736.